The summed E-state index contributed by atoms with van der Waals surface area (Å²) < 4.78 is 44.4. The highest BCUT2D eigenvalue weighted by molar-refractivity contribution is 6.08. The largest absolute Gasteiger partial charge is 0.449 e. The first-order valence-corrected chi connectivity index (χ1v) is 9.65. The van der Waals surface area contributed by atoms with Crippen LogP contribution in [0.25, 0.3) is 0 Å². The second kappa shape index (κ2) is 8.85. The van der Waals surface area contributed by atoms with Gasteiger partial charge in [0.2, 0.25) is 17.2 Å². The first kappa shape index (κ1) is 23.0. The van der Waals surface area contributed by atoms with Gasteiger partial charge in [0.25, 0.3) is 0 Å². The molecule has 1 N–H and O–H groups in total. The maximum Gasteiger partial charge on any atom is 0.418 e. The molecule has 1 saturated heterocycles. The van der Waals surface area contributed by atoms with Crippen molar-refractivity contribution in [2.75, 3.05) is 25.5 Å². The Labute approximate surface area is 180 Å². The third-order valence-corrected chi connectivity index (χ3v) is 5.12. The lowest BCUT2D eigenvalue weighted by molar-refractivity contribution is -0.138. The number of anilines is 1. The number of aromatic nitrogens is 1. The quantitative estimate of drug-likeness (QED) is 0.721. The molecule has 2 amide bonds. The molecule has 2 heterocycles. The van der Waals surface area contributed by atoms with Crippen LogP contribution in [0.15, 0.2) is 47.5 Å². The number of likely N-dealkylation sites (tertiary alicyclic amines) is 1. The van der Waals surface area contributed by atoms with Crippen LogP contribution >= 0.6 is 0 Å². The van der Waals surface area contributed by atoms with Crippen LogP contribution in [-0.4, -0.2) is 47.6 Å². The predicted octanol–water partition coefficient (Wildman–Crippen LogP) is 2.68. The second-order valence-electron chi connectivity index (χ2n) is 7.24. The SMILES string of the molecule is CCOC(=O)n1ccc(=O)c(NC(=O)[C@H]2C(=O)N(C)C[C@@H]2c2ccc(C(F)(F)F)cc2)c1. The summed E-state index contributed by atoms with van der Waals surface area (Å²) in [7, 11) is 1.48. The average molecular weight is 451 g/mol. The molecule has 170 valence electrons. The number of rotatable bonds is 4. The van der Waals surface area contributed by atoms with Gasteiger partial charge in [-0.15, -0.1) is 0 Å². The van der Waals surface area contributed by atoms with E-state index in [9.17, 15) is 32.3 Å². The van der Waals surface area contributed by atoms with Crippen LogP contribution in [0.2, 0.25) is 0 Å². The molecule has 2 aromatic rings. The van der Waals surface area contributed by atoms with Crippen molar-refractivity contribution < 1.29 is 32.3 Å². The summed E-state index contributed by atoms with van der Waals surface area (Å²) in [5.41, 5.74) is -1.29. The van der Waals surface area contributed by atoms with E-state index in [1.807, 2.05) is 0 Å². The number of carbonyl (C=O) groups is 3. The van der Waals surface area contributed by atoms with Gasteiger partial charge in [-0.3, -0.25) is 19.0 Å². The van der Waals surface area contributed by atoms with Crippen molar-refractivity contribution in [2.45, 2.75) is 19.0 Å². The fourth-order valence-electron chi connectivity index (χ4n) is 3.51. The van der Waals surface area contributed by atoms with E-state index in [1.54, 1.807) is 6.92 Å². The molecular formula is C21H20F3N3O5. The van der Waals surface area contributed by atoms with E-state index in [-0.39, 0.29) is 18.8 Å². The minimum absolute atomic E-state index is 0.102. The number of nitrogens with zero attached hydrogens (tertiary/aromatic N) is 2. The average Bonchev–Trinajstić information content (AvgIpc) is 3.04. The summed E-state index contributed by atoms with van der Waals surface area (Å²) in [4.78, 5) is 50.9. The number of hydrogen-bond acceptors (Lipinski definition) is 5. The number of ether oxygens (including phenoxy) is 1. The molecule has 1 aliphatic rings. The normalized spacial score (nSPS) is 18.5. The molecule has 32 heavy (non-hydrogen) atoms. The number of halogens is 3. The Balaban J connectivity index is 1.87. The highest BCUT2D eigenvalue weighted by Gasteiger charge is 2.44. The Hall–Kier alpha value is -3.63. The van der Waals surface area contributed by atoms with Crippen molar-refractivity contribution in [2.24, 2.45) is 5.92 Å². The summed E-state index contributed by atoms with van der Waals surface area (Å²) in [6.07, 6.45) is -3.02. The van der Waals surface area contributed by atoms with Crippen LogP contribution in [0.4, 0.5) is 23.7 Å². The number of carbonyl (C=O) groups excluding carboxylic acids is 3. The summed E-state index contributed by atoms with van der Waals surface area (Å²) in [5.74, 6) is -3.31. The molecule has 0 saturated carbocycles. The molecule has 11 heteroatoms. The van der Waals surface area contributed by atoms with Crippen molar-refractivity contribution in [1.29, 1.82) is 0 Å². The number of amides is 2. The molecule has 1 fully saturated rings. The zero-order valence-corrected chi connectivity index (χ0v) is 17.2. The molecule has 1 aromatic carbocycles. The van der Waals surface area contributed by atoms with E-state index in [2.05, 4.69) is 5.32 Å². The third kappa shape index (κ3) is 4.66. The van der Waals surface area contributed by atoms with Gasteiger partial charge in [0.05, 0.1) is 12.2 Å². The summed E-state index contributed by atoms with van der Waals surface area (Å²) >= 11 is 0. The fraction of sp³-hybridized carbons (Fsp3) is 0.333. The Bertz CT molecular complexity index is 1100. The highest BCUT2D eigenvalue weighted by Crippen LogP contribution is 2.36. The van der Waals surface area contributed by atoms with Gasteiger partial charge in [0, 0.05) is 38.0 Å². The Kier molecular flexibility index (Phi) is 6.37. The van der Waals surface area contributed by atoms with Crippen LogP contribution < -0.4 is 10.7 Å². The molecular weight excluding hydrogens is 431 g/mol. The standard InChI is InChI=1S/C21H20F3N3O5/c1-3-32-20(31)27-9-8-16(28)15(11-27)25-18(29)17-14(10-26(2)19(17)30)12-4-6-13(7-5-12)21(22,23)24/h4-9,11,14,17H,3,10H2,1-2H3,(H,25,29)/t14-,17+/m1/s1. The van der Waals surface area contributed by atoms with Gasteiger partial charge in [-0.1, -0.05) is 12.1 Å². The maximum atomic E-state index is 12.9. The van der Waals surface area contributed by atoms with Gasteiger partial charge in [-0.25, -0.2) is 4.79 Å². The van der Waals surface area contributed by atoms with E-state index < -0.39 is 46.9 Å². The van der Waals surface area contributed by atoms with Crippen molar-refractivity contribution in [3.05, 3.63) is 64.1 Å². The lowest BCUT2D eigenvalue weighted by Gasteiger charge is -2.18. The van der Waals surface area contributed by atoms with Crippen LogP contribution in [0.3, 0.4) is 0 Å². The Morgan fingerprint density at radius 3 is 2.41 bits per heavy atom. The van der Waals surface area contributed by atoms with Crippen molar-refractivity contribution in [1.82, 2.24) is 9.47 Å². The highest BCUT2D eigenvalue weighted by atomic mass is 19.4. The molecule has 2 atom stereocenters. The van der Waals surface area contributed by atoms with Crippen LogP contribution in [0, 0.1) is 5.92 Å². The van der Waals surface area contributed by atoms with Gasteiger partial charge in [0.15, 0.2) is 0 Å². The number of pyridine rings is 1. The smallest absolute Gasteiger partial charge is 0.418 e. The van der Waals surface area contributed by atoms with E-state index in [0.29, 0.717) is 5.56 Å². The zero-order chi connectivity index (χ0) is 23.6. The molecule has 0 aliphatic carbocycles. The first-order valence-electron chi connectivity index (χ1n) is 9.65. The Morgan fingerprint density at radius 2 is 1.81 bits per heavy atom. The maximum absolute atomic E-state index is 12.9. The predicted molar refractivity (Wildman–Crippen MR) is 107 cm³/mol. The number of hydrogen-bond donors (Lipinski definition) is 1. The van der Waals surface area contributed by atoms with E-state index >= 15 is 0 Å². The van der Waals surface area contributed by atoms with Crippen LogP contribution in [-0.2, 0) is 20.5 Å². The van der Waals surface area contributed by atoms with Gasteiger partial charge in [0.1, 0.15) is 11.6 Å². The molecule has 0 unspecified atom stereocenters. The number of nitrogens with one attached hydrogen (secondary N) is 1. The number of benzene rings is 1. The lowest BCUT2D eigenvalue weighted by Crippen LogP contribution is -2.34. The lowest BCUT2D eigenvalue weighted by atomic mass is 9.87. The van der Waals surface area contributed by atoms with E-state index in [4.69, 9.17) is 4.74 Å². The van der Waals surface area contributed by atoms with Crippen LogP contribution in [0.5, 0.6) is 0 Å². The second-order valence-corrected chi connectivity index (χ2v) is 7.24. The summed E-state index contributed by atoms with van der Waals surface area (Å²) in [6, 6.07) is 5.31. The van der Waals surface area contributed by atoms with Gasteiger partial charge >= 0.3 is 12.3 Å². The summed E-state index contributed by atoms with van der Waals surface area (Å²) in [6.45, 7) is 1.82. The van der Waals surface area contributed by atoms with Gasteiger partial charge in [-0.05, 0) is 24.6 Å². The van der Waals surface area contributed by atoms with E-state index in [1.165, 1.54) is 30.3 Å². The molecule has 1 aromatic heterocycles. The minimum Gasteiger partial charge on any atom is -0.449 e. The fourth-order valence-corrected chi connectivity index (χ4v) is 3.51. The molecule has 0 radical (unpaired) electrons. The van der Waals surface area contributed by atoms with E-state index in [0.717, 1.165) is 29.0 Å². The first-order chi connectivity index (χ1) is 15.0. The third-order valence-electron chi connectivity index (χ3n) is 5.12. The number of likely N-dealkylation sites (N-methyl/N-ethyl adjacent to an activating group) is 1. The minimum atomic E-state index is -4.51. The van der Waals surface area contributed by atoms with Gasteiger partial charge < -0.3 is 15.0 Å². The zero-order valence-electron chi connectivity index (χ0n) is 17.2. The molecule has 1 aliphatic heterocycles. The topological polar surface area (TPSA) is 97.7 Å². The van der Waals surface area contributed by atoms with Crippen LogP contribution in [0.1, 0.15) is 24.0 Å². The van der Waals surface area contributed by atoms with Crippen molar-refractivity contribution in [3.63, 3.8) is 0 Å². The molecule has 0 spiro atoms. The Morgan fingerprint density at radius 1 is 1.16 bits per heavy atom. The van der Waals surface area contributed by atoms with Crippen molar-refractivity contribution >= 4 is 23.6 Å². The summed E-state index contributed by atoms with van der Waals surface area (Å²) in [5, 5.41) is 2.37. The number of alkyl halides is 3. The monoisotopic (exact) mass is 451 g/mol. The molecule has 8 nitrogen and oxygen atoms in total. The molecule has 0 bridgehead atoms. The van der Waals surface area contributed by atoms with Crippen molar-refractivity contribution in [3.8, 4) is 0 Å². The van der Waals surface area contributed by atoms with Gasteiger partial charge in [-0.2, -0.15) is 13.2 Å². The molecule has 3 rings (SSSR count).